The molecule has 0 unspecified atom stereocenters. The van der Waals surface area contributed by atoms with Crippen LogP contribution in [0.1, 0.15) is 49.3 Å². The fraction of sp³-hybridized carbons (Fsp3) is 0.531. The highest BCUT2D eigenvalue weighted by atomic mass is 16.5. The van der Waals surface area contributed by atoms with Gasteiger partial charge in [-0.1, -0.05) is 12.8 Å². The Morgan fingerprint density at radius 2 is 1.64 bits per heavy atom. The maximum Gasteiger partial charge on any atom is 0.262 e. The molecule has 1 saturated carbocycles. The highest BCUT2D eigenvalue weighted by Gasteiger charge is 2.37. The minimum Gasteiger partial charge on any atom is -0.497 e. The zero-order chi connectivity index (χ0) is 29.5. The highest BCUT2D eigenvalue weighted by Crippen LogP contribution is 2.39. The van der Waals surface area contributed by atoms with E-state index >= 15 is 0 Å². The van der Waals surface area contributed by atoms with Crippen LogP contribution in [-0.2, 0) is 14.3 Å². The summed E-state index contributed by atoms with van der Waals surface area (Å²) in [5.41, 5.74) is 2.49. The van der Waals surface area contributed by atoms with Gasteiger partial charge in [0.05, 0.1) is 46.3 Å². The summed E-state index contributed by atoms with van der Waals surface area (Å²) in [6, 6.07) is 12.8. The lowest BCUT2D eigenvalue weighted by molar-refractivity contribution is -0.144. The number of methoxy groups -OCH3 is 3. The van der Waals surface area contributed by atoms with Crippen LogP contribution in [0.15, 0.2) is 47.6 Å². The third kappa shape index (κ3) is 6.87. The van der Waals surface area contributed by atoms with Gasteiger partial charge in [-0.15, -0.1) is 0 Å². The third-order valence-corrected chi connectivity index (χ3v) is 8.52. The Morgan fingerprint density at radius 1 is 0.952 bits per heavy atom. The number of morpholine rings is 1. The minimum atomic E-state index is -0.415. The molecule has 1 saturated heterocycles. The molecular weight excluding hydrogens is 536 g/mol. The first kappa shape index (κ1) is 29.8. The van der Waals surface area contributed by atoms with Gasteiger partial charge in [0.15, 0.2) is 0 Å². The van der Waals surface area contributed by atoms with Crippen molar-refractivity contribution in [3.8, 4) is 17.2 Å². The van der Waals surface area contributed by atoms with Crippen molar-refractivity contribution >= 4 is 17.5 Å². The van der Waals surface area contributed by atoms with Gasteiger partial charge >= 0.3 is 0 Å². The summed E-state index contributed by atoms with van der Waals surface area (Å²) in [4.78, 5) is 31.9. The van der Waals surface area contributed by atoms with E-state index in [1.165, 1.54) is 0 Å². The summed E-state index contributed by atoms with van der Waals surface area (Å²) >= 11 is 0. The van der Waals surface area contributed by atoms with Crippen LogP contribution in [-0.4, -0.2) is 99.6 Å². The number of benzene rings is 2. The third-order valence-electron chi connectivity index (χ3n) is 8.52. The number of carbonyl (C=O) groups excluding carboxylic acids is 2. The number of amides is 2. The Morgan fingerprint density at radius 3 is 2.31 bits per heavy atom. The number of hydrazone groups is 1. The van der Waals surface area contributed by atoms with Gasteiger partial charge in [0, 0.05) is 44.1 Å². The Balaban J connectivity index is 1.43. The normalized spacial score (nSPS) is 19.5. The van der Waals surface area contributed by atoms with E-state index < -0.39 is 6.04 Å². The summed E-state index contributed by atoms with van der Waals surface area (Å²) < 4.78 is 22.0. The second-order valence-electron chi connectivity index (χ2n) is 11.0. The van der Waals surface area contributed by atoms with Gasteiger partial charge in [0.2, 0.25) is 5.91 Å². The summed E-state index contributed by atoms with van der Waals surface area (Å²) in [7, 11) is 4.86. The van der Waals surface area contributed by atoms with E-state index in [1.807, 2.05) is 42.5 Å². The molecule has 0 aromatic heterocycles. The largest absolute Gasteiger partial charge is 0.497 e. The molecule has 2 heterocycles. The smallest absolute Gasteiger partial charge is 0.262 e. The topological polar surface area (TPSA) is 93.1 Å². The summed E-state index contributed by atoms with van der Waals surface area (Å²) in [5, 5.41) is 6.40. The van der Waals surface area contributed by atoms with Crippen molar-refractivity contribution in [1.29, 1.82) is 0 Å². The van der Waals surface area contributed by atoms with Gasteiger partial charge in [-0.05, 0) is 60.9 Å². The zero-order valence-electron chi connectivity index (χ0n) is 24.9. The summed E-state index contributed by atoms with van der Waals surface area (Å²) in [6.45, 7) is 4.23. The summed E-state index contributed by atoms with van der Waals surface area (Å²) in [6.07, 6.45) is 4.37. The first-order valence-corrected chi connectivity index (χ1v) is 14.9. The van der Waals surface area contributed by atoms with Gasteiger partial charge in [0.1, 0.15) is 23.8 Å². The van der Waals surface area contributed by atoms with Gasteiger partial charge in [-0.2, -0.15) is 5.10 Å². The van der Waals surface area contributed by atoms with Gasteiger partial charge in [-0.3, -0.25) is 14.5 Å². The van der Waals surface area contributed by atoms with Gasteiger partial charge in [0.25, 0.3) is 5.91 Å². The fourth-order valence-corrected chi connectivity index (χ4v) is 6.06. The lowest BCUT2D eigenvalue weighted by Crippen LogP contribution is -2.48. The average Bonchev–Trinajstić information content (AvgIpc) is 3.74. The molecule has 0 N–H and O–H groups in total. The van der Waals surface area contributed by atoms with Gasteiger partial charge < -0.3 is 23.8 Å². The molecule has 0 radical (unpaired) electrons. The van der Waals surface area contributed by atoms with Crippen LogP contribution in [0, 0.1) is 5.92 Å². The lowest BCUT2D eigenvalue weighted by atomic mass is 9.97. The van der Waals surface area contributed by atoms with Crippen molar-refractivity contribution < 1.29 is 28.5 Å². The molecule has 2 aromatic rings. The molecular formula is C32H42N4O6. The van der Waals surface area contributed by atoms with E-state index in [1.54, 1.807) is 31.2 Å². The molecule has 1 aliphatic carbocycles. The molecule has 2 aromatic carbocycles. The van der Waals surface area contributed by atoms with E-state index in [0.717, 1.165) is 61.4 Å². The van der Waals surface area contributed by atoms with Crippen molar-refractivity contribution in [3.05, 3.63) is 53.6 Å². The highest BCUT2D eigenvalue weighted by molar-refractivity contribution is 6.03. The van der Waals surface area contributed by atoms with E-state index in [2.05, 4.69) is 4.90 Å². The van der Waals surface area contributed by atoms with Crippen molar-refractivity contribution in [1.82, 2.24) is 14.8 Å². The molecule has 2 fully saturated rings. The Hall–Kier alpha value is -3.63. The van der Waals surface area contributed by atoms with E-state index in [-0.39, 0.29) is 24.3 Å². The first-order valence-electron chi connectivity index (χ1n) is 14.9. The molecule has 2 aliphatic heterocycles. The SMILES string of the molecule is COc1ccc(C2=NN(C(=O)CN(CCN3CCOCC3)C(=O)C3CCCC3)[C@H](c3cc(OC)ccc3OC)C2)cc1. The molecule has 42 heavy (non-hydrogen) atoms. The monoisotopic (exact) mass is 578 g/mol. The maximum absolute atomic E-state index is 14.1. The lowest BCUT2D eigenvalue weighted by Gasteiger charge is -2.32. The molecule has 10 nitrogen and oxygen atoms in total. The molecule has 10 heteroatoms. The predicted octanol–water partition coefficient (Wildman–Crippen LogP) is 3.74. The van der Waals surface area contributed by atoms with Crippen LogP contribution in [0.5, 0.6) is 17.2 Å². The first-order chi connectivity index (χ1) is 20.5. The molecule has 5 rings (SSSR count). The van der Waals surface area contributed by atoms with Crippen molar-refractivity contribution in [2.45, 2.75) is 38.1 Å². The predicted molar refractivity (Wildman–Crippen MR) is 159 cm³/mol. The molecule has 226 valence electrons. The van der Waals surface area contributed by atoms with Crippen LogP contribution in [0.2, 0.25) is 0 Å². The van der Waals surface area contributed by atoms with Crippen LogP contribution < -0.4 is 14.2 Å². The summed E-state index contributed by atoms with van der Waals surface area (Å²) in [5.74, 6) is 1.90. The number of ether oxygens (including phenoxy) is 4. The number of nitrogens with zero attached hydrogens (tertiary/aromatic N) is 4. The van der Waals surface area contributed by atoms with E-state index in [9.17, 15) is 9.59 Å². The van der Waals surface area contributed by atoms with Crippen molar-refractivity contribution in [2.75, 3.05) is 67.3 Å². The number of hydrogen-bond acceptors (Lipinski definition) is 8. The second-order valence-corrected chi connectivity index (χ2v) is 11.0. The fourth-order valence-electron chi connectivity index (χ4n) is 6.06. The van der Waals surface area contributed by atoms with Crippen LogP contribution in [0.3, 0.4) is 0 Å². The number of carbonyl (C=O) groups is 2. The van der Waals surface area contributed by atoms with Crippen LogP contribution in [0.4, 0.5) is 0 Å². The van der Waals surface area contributed by atoms with Crippen LogP contribution >= 0.6 is 0 Å². The molecule has 0 spiro atoms. The van der Waals surface area contributed by atoms with E-state index in [4.69, 9.17) is 24.0 Å². The quantitative estimate of drug-likeness (QED) is 0.401. The molecule has 1 atom stereocenters. The standard InChI is InChI=1S/C32H42N4O6/c1-39-25-10-8-23(9-11-25)28-21-29(27-20-26(40-2)12-13-30(27)41-3)36(33-28)31(37)22-35(32(38)24-6-4-5-7-24)15-14-34-16-18-42-19-17-34/h8-13,20,24,29H,4-7,14-19,21-22H2,1-3H3/t29-/m0/s1. The Bertz CT molecular complexity index is 1250. The Kier molecular flexibility index (Phi) is 9.97. The average molecular weight is 579 g/mol. The van der Waals surface area contributed by atoms with Crippen molar-refractivity contribution in [2.24, 2.45) is 11.0 Å². The Labute approximate surface area is 248 Å². The molecule has 3 aliphatic rings. The minimum absolute atomic E-state index is 0.0197. The van der Waals surface area contributed by atoms with Crippen molar-refractivity contribution in [3.63, 3.8) is 0 Å². The van der Waals surface area contributed by atoms with E-state index in [0.29, 0.717) is 44.2 Å². The maximum atomic E-state index is 14.1. The number of rotatable bonds is 11. The van der Waals surface area contributed by atoms with Gasteiger partial charge in [-0.25, -0.2) is 5.01 Å². The molecule has 2 amide bonds. The number of hydrogen-bond donors (Lipinski definition) is 0. The zero-order valence-corrected chi connectivity index (χ0v) is 24.9. The molecule has 0 bridgehead atoms. The van der Waals surface area contributed by atoms with Crippen LogP contribution in [0.25, 0.3) is 0 Å². The second kappa shape index (κ2) is 14.0.